The van der Waals surface area contributed by atoms with Gasteiger partial charge in [-0.3, -0.25) is 0 Å². The molecule has 0 bridgehead atoms. The summed E-state index contributed by atoms with van der Waals surface area (Å²) in [6.45, 7) is 1.11. The standard InChI is InChI=1S/C25H33N3O2S2.C2HF3O2/c1-28-14-13-25(17-5-10-21(29-2)22(15-17)30-3)12-11-19(16-23(25)28)27-24(31)26-18-6-8-20(32-4)9-7-18;3-2(4,5)1(6)7/h5-10,15,19,23H,11-14,16H2,1-4H3,(H2,26,27,31);(H,6,7). The van der Waals surface area contributed by atoms with Crippen LogP contribution in [0.15, 0.2) is 47.4 Å². The first-order valence-electron chi connectivity index (χ1n) is 12.4. The number of fused-ring (bicyclic) bond motifs is 1. The second kappa shape index (κ2) is 13.1. The number of carboxylic acids is 1. The van der Waals surface area contributed by atoms with Gasteiger partial charge in [-0.05, 0) is 99.7 Å². The molecule has 39 heavy (non-hydrogen) atoms. The number of likely N-dealkylation sites (N-methyl/N-ethyl adjacent to an activating group) is 1. The van der Waals surface area contributed by atoms with E-state index in [0.29, 0.717) is 17.2 Å². The van der Waals surface area contributed by atoms with Crippen LogP contribution in [0.4, 0.5) is 18.9 Å². The summed E-state index contributed by atoms with van der Waals surface area (Å²) < 4.78 is 42.8. The first-order valence-corrected chi connectivity index (χ1v) is 14.0. The Hall–Kier alpha value is -2.70. The predicted molar refractivity (Wildman–Crippen MR) is 151 cm³/mol. The number of hydrogen-bond donors (Lipinski definition) is 3. The maximum atomic E-state index is 10.6. The summed E-state index contributed by atoms with van der Waals surface area (Å²) in [5.74, 6) is -1.16. The fourth-order valence-electron chi connectivity index (χ4n) is 5.42. The summed E-state index contributed by atoms with van der Waals surface area (Å²) in [7, 11) is 5.65. The van der Waals surface area contributed by atoms with Gasteiger partial charge in [0.15, 0.2) is 16.6 Å². The molecule has 1 heterocycles. The summed E-state index contributed by atoms with van der Waals surface area (Å²) in [5, 5.41) is 14.8. The van der Waals surface area contributed by atoms with Crippen LogP contribution in [0.1, 0.15) is 31.2 Å². The Balaban J connectivity index is 0.000000532. The van der Waals surface area contributed by atoms with E-state index in [4.69, 9.17) is 31.6 Å². The monoisotopic (exact) mass is 585 g/mol. The van der Waals surface area contributed by atoms with Crippen molar-refractivity contribution in [3.63, 3.8) is 0 Å². The zero-order valence-corrected chi connectivity index (χ0v) is 23.9. The Kier molecular flexibility index (Phi) is 10.4. The molecule has 3 unspecified atom stereocenters. The van der Waals surface area contributed by atoms with Crippen LogP contribution in [0, 0.1) is 0 Å². The Bertz CT molecular complexity index is 1150. The van der Waals surface area contributed by atoms with Gasteiger partial charge in [0.1, 0.15) is 0 Å². The Morgan fingerprint density at radius 1 is 1.13 bits per heavy atom. The third-order valence-corrected chi connectivity index (χ3v) is 8.37. The van der Waals surface area contributed by atoms with Crippen molar-refractivity contribution < 1.29 is 32.5 Å². The third-order valence-electron chi connectivity index (χ3n) is 7.41. The maximum absolute atomic E-state index is 10.6. The van der Waals surface area contributed by atoms with Gasteiger partial charge in [0.05, 0.1) is 14.2 Å². The number of likely N-dealkylation sites (tertiary alicyclic amines) is 1. The van der Waals surface area contributed by atoms with Crippen molar-refractivity contribution in [1.29, 1.82) is 0 Å². The van der Waals surface area contributed by atoms with Crippen LogP contribution in [0.2, 0.25) is 0 Å². The van der Waals surface area contributed by atoms with Crippen molar-refractivity contribution in [2.45, 2.75) is 54.3 Å². The fraction of sp³-hybridized carbons (Fsp3) is 0.481. The van der Waals surface area contributed by atoms with Gasteiger partial charge in [0.2, 0.25) is 0 Å². The number of ether oxygens (including phenoxy) is 2. The molecule has 0 aromatic heterocycles. The molecule has 214 valence electrons. The molecule has 1 aliphatic heterocycles. The lowest BCUT2D eigenvalue weighted by atomic mass is 9.65. The maximum Gasteiger partial charge on any atom is 0.490 e. The van der Waals surface area contributed by atoms with Gasteiger partial charge in [0.25, 0.3) is 0 Å². The highest BCUT2D eigenvalue weighted by Crippen LogP contribution is 2.49. The van der Waals surface area contributed by atoms with Gasteiger partial charge in [-0.2, -0.15) is 13.2 Å². The number of alkyl halides is 3. The molecule has 2 aromatic carbocycles. The zero-order valence-electron chi connectivity index (χ0n) is 22.3. The highest BCUT2D eigenvalue weighted by molar-refractivity contribution is 7.98. The van der Waals surface area contributed by atoms with Gasteiger partial charge in [-0.1, -0.05) is 6.07 Å². The smallest absolute Gasteiger partial charge is 0.490 e. The lowest BCUT2D eigenvalue weighted by Crippen LogP contribution is -2.52. The summed E-state index contributed by atoms with van der Waals surface area (Å²) in [4.78, 5) is 12.7. The molecule has 2 aromatic rings. The molecule has 3 N–H and O–H groups in total. The zero-order chi connectivity index (χ0) is 28.8. The SMILES string of the molecule is COc1ccc(C23CCC(NC(=S)Nc4ccc(SC)cc4)CC2N(C)CC3)cc1OC.O=C(O)C(F)(F)F. The van der Waals surface area contributed by atoms with Crippen molar-refractivity contribution in [2.24, 2.45) is 0 Å². The molecule has 7 nitrogen and oxygen atoms in total. The van der Waals surface area contributed by atoms with Crippen molar-refractivity contribution in [2.75, 3.05) is 39.4 Å². The number of anilines is 1. The highest BCUT2D eigenvalue weighted by Gasteiger charge is 2.50. The largest absolute Gasteiger partial charge is 0.493 e. The first kappa shape index (κ1) is 30.8. The van der Waals surface area contributed by atoms with Gasteiger partial charge in [-0.25, -0.2) is 4.79 Å². The van der Waals surface area contributed by atoms with Crippen molar-refractivity contribution in [3.8, 4) is 11.5 Å². The quantitative estimate of drug-likeness (QED) is 0.299. The Morgan fingerprint density at radius 2 is 1.77 bits per heavy atom. The molecular formula is C27H34F3N3O4S2. The average molecular weight is 586 g/mol. The molecule has 2 fully saturated rings. The Labute approximate surface area is 236 Å². The third kappa shape index (κ3) is 7.49. The Morgan fingerprint density at radius 3 is 2.33 bits per heavy atom. The lowest BCUT2D eigenvalue weighted by molar-refractivity contribution is -0.192. The molecule has 1 saturated carbocycles. The highest BCUT2D eigenvalue weighted by atomic mass is 32.2. The molecule has 4 rings (SSSR count). The number of rotatable bonds is 6. The van der Waals surface area contributed by atoms with Gasteiger partial charge >= 0.3 is 12.1 Å². The van der Waals surface area contributed by atoms with E-state index in [2.05, 4.69) is 65.2 Å². The summed E-state index contributed by atoms with van der Waals surface area (Å²) in [6.07, 6.45) is 1.45. The van der Waals surface area contributed by atoms with E-state index in [1.54, 1.807) is 26.0 Å². The summed E-state index contributed by atoms with van der Waals surface area (Å²) in [5.41, 5.74) is 2.53. The number of carbonyl (C=O) groups is 1. The average Bonchev–Trinajstić information content (AvgIpc) is 3.25. The minimum absolute atomic E-state index is 0.148. The van der Waals surface area contributed by atoms with Crippen LogP contribution in [-0.2, 0) is 10.2 Å². The number of methoxy groups -OCH3 is 2. The summed E-state index contributed by atoms with van der Waals surface area (Å²) in [6, 6.07) is 15.7. The molecule has 0 spiro atoms. The molecule has 2 aliphatic rings. The number of benzene rings is 2. The minimum atomic E-state index is -5.08. The number of thiocarbonyl (C=S) groups is 1. The predicted octanol–water partition coefficient (Wildman–Crippen LogP) is 5.54. The van der Waals surface area contributed by atoms with Crippen molar-refractivity contribution >= 4 is 40.7 Å². The molecule has 0 amide bonds. The number of halogens is 3. The number of thioether (sulfide) groups is 1. The summed E-state index contributed by atoms with van der Waals surface area (Å²) >= 11 is 7.38. The van der Waals surface area contributed by atoms with E-state index >= 15 is 0 Å². The van der Waals surface area contributed by atoms with E-state index in [1.165, 1.54) is 16.9 Å². The number of hydrogen-bond acceptors (Lipinski definition) is 6. The molecule has 0 radical (unpaired) electrons. The van der Waals surface area contributed by atoms with E-state index < -0.39 is 12.1 Å². The topological polar surface area (TPSA) is 83.1 Å². The van der Waals surface area contributed by atoms with Crippen molar-refractivity contribution in [1.82, 2.24) is 10.2 Å². The van der Waals surface area contributed by atoms with E-state index in [-0.39, 0.29) is 5.41 Å². The molecular weight excluding hydrogens is 551 g/mol. The lowest BCUT2D eigenvalue weighted by Gasteiger charge is -2.45. The number of nitrogens with zero attached hydrogens (tertiary/aromatic N) is 1. The first-order chi connectivity index (χ1) is 18.4. The van der Waals surface area contributed by atoms with Crippen LogP contribution < -0.4 is 20.1 Å². The normalized spacial score (nSPS) is 22.6. The van der Waals surface area contributed by atoms with Crippen LogP contribution >= 0.6 is 24.0 Å². The van der Waals surface area contributed by atoms with E-state index in [9.17, 15) is 13.2 Å². The fourth-order valence-corrected chi connectivity index (χ4v) is 6.11. The molecule has 12 heteroatoms. The molecule has 1 aliphatic carbocycles. The molecule has 3 atom stereocenters. The van der Waals surface area contributed by atoms with Gasteiger partial charge in [0, 0.05) is 28.1 Å². The second-order valence-corrected chi connectivity index (χ2v) is 10.9. The second-order valence-electron chi connectivity index (χ2n) is 9.57. The van der Waals surface area contributed by atoms with Crippen molar-refractivity contribution in [3.05, 3.63) is 48.0 Å². The van der Waals surface area contributed by atoms with E-state index in [0.717, 1.165) is 43.0 Å². The van der Waals surface area contributed by atoms with Crippen LogP contribution in [0.3, 0.4) is 0 Å². The van der Waals surface area contributed by atoms with E-state index in [1.807, 2.05) is 6.07 Å². The van der Waals surface area contributed by atoms with Gasteiger partial charge in [-0.15, -0.1) is 11.8 Å². The number of carboxylic acid groups (broad SMARTS) is 1. The van der Waals surface area contributed by atoms with Crippen LogP contribution in [0.25, 0.3) is 0 Å². The number of nitrogens with one attached hydrogen (secondary N) is 2. The van der Waals surface area contributed by atoms with Gasteiger partial charge < -0.3 is 30.1 Å². The minimum Gasteiger partial charge on any atom is -0.493 e. The number of aliphatic carboxylic acids is 1. The molecule has 1 saturated heterocycles. The van der Waals surface area contributed by atoms with Crippen LogP contribution in [0.5, 0.6) is 11.5 Å². The van der Waals surface area contributed by atoms with Crippen LogP contribution in [-0.4, -0.2) is 73.4 Å².